The lowest BCUT2D eigenvalue weighted by Gasteiger charge is -2.24. The van der Waals surface area contributed by atoms with E-state index in [1.54, 1.807) is 4.90 Å². The van der Waals surface area contributed by atoms with Crippen LogP contribution in [0.2, 0.25) is 0 Å². The zero-order valence-electron chi connectivity index (χ0n) is 21.3. The van der Waals surface area contributed by atoms with Crippen molar-refractivity contribution >= 4 is 34.5 Å². The molecule has 5 aromatic rings. The third-order valence-electron chi connectivity index (χ3n) is 6.27. The molecule has 0 saturated carbocycles. The molecule has 0 heterocycles. The van der Waals surface area contributed by atoms with Crippen LogP contribution in [-0.2, 0) is 6.42 Å². The van der Waals surface area contributed by atoms with Crippen LogP contribution in [0.25, 0.3) is 0 Å². The fraction of sp³-hybridized carbons (Fsp3) is 0.0588. The fourth-order valence-corrected chi connectivity index (χ4v) is 4.32. The van der Waals surface area contributed by atoms with Crippen LogP contribution < -0.4 is 10.2 Å². The lowest BCUT2D eigenvalue weighted by atomic mass is 10.0. The van der Waals surface area contributed by atoms with Gasteiger partial charge < -0.3 is 5.32 Å². The largest absolute Gasteiger partial charge is 0.331 e. The zero-order chi connectivity index (χ0) is 26.2. The standard InChI is InChI=1S/C34H29N3O/c1-2-26-23-24-31(35-33(27-15-7-3-8-16-27)28-17-9-4-10-18-28)32(25-26)36-34(38)37(29-19-11-5-12-20-29)30-21-13-6-14-22-30/h3-25H,2H2,1H3,(H,36,38). The molecule has 0 atom stereocenters. The maximum atomic E-state index is 13.9. The molecule has 0 spiro atoms. The second-order valence-electron chi connectivity index (χ2n) is 8.83. The molecule has 0 aliphatic heterocycles. The summed E-state index contributed by atoms with van der Waals surface area (Å²) in [6, 6.07) is 45.3. The Labute approximate surface area is 223 Å². The van der Waals surface area contributed by atoms with Crippen LogP contribution in [0.3, 0.4) is 0 Å². The molecule has 0 aliphatic carbocycles. The highest BCUT2D eigenvalue weighted by molar-refractivity contribution is 6.15. The topological polar surface area (TPSA) is 44.7 Å². The fourth-order valence-electron chi connectivity index (χ4n) is 4.32. The number of anilines is 3. The van der Waals surface area contributed by atoms with E-state index in [0.29, 0.717) is 11.4 Å². The van der Waals surface area contributed by atoms with Gasteiger partial charge in [0.25, 0.3) is 0 Å². The van der Waals surface area contributed by atoms with Gasteiger partial charge in [0, 0.05) is 11.1 Å². The van der Waals surface area contributed by atoms with Gasteiger partial charge in [-0.3, -0.25) is 4.90 Å². The van der Waals surface area contributed by atoms with Crippen LogP contribution in [0.4, 0.5) is 27.5 Å². The van der Waals surface area contributed by atoms with Gasteiger partial charge in [-0.1, -0.05) is 110 Å². The van der Waals surface area contributed by atoms with Crippen molar-refractivity contribution in [1.82, 2.24) is 0 Å². The molecule has 186 valence electrons. The van der Waals surface area contributed by atoms with Gasteiger partial charge in [0.05, 0.1) is 28.5 Å². The van der Waals surface area contributed by atoms with Crippen molar-refractivity contribution in [3.05, 3.63) is 156 Å². The number of nitrogens with one attached hydrogen (secondary N) is 1. The average Bonchev–Trinajstić information content (AvgIpc) is 2.98. The van der Waals surface area contributed by atoms with Gasteiger partial charge in [-0.05, 0) is 48.4 Å². The molecule has 0 aromatic heterocycles. The minimum atomic E-state index is -0.256. The molecule has 2 amide bonds. The minimum absolute atomic E-state index is 0.256. The van der Waals surface area contributed by atoms with E-state index in [9.17, 15) is 4.79 Å². The number of carbonyl (C=O) groups is 1. The van der Waals surface area contributed by atoms with E-state index in [-0.39, 0.29) is 6.03 Å². The summed E-state index contributed by atoms with van der Waals surface area (Å²) >= 11 is 0. The Hall–Kier alpha value is -4.96. The number of hydrogen-bond donors (Lipinski definition) is 1. The van der Waals surface area contributed by atoms with Crippen molar-refractivity contribution in [1.29, 1.82) is 0 Å². The van der Waals surface area contributed by atoms with Crippen molar-refractivity contribution in [3.63, 3.8) is 0 Å². The second-order valence-corrected chi connectivity index (χ2v) is 8.83. The summed E-state index contributed by atoms with van der Waals surface area (Å²) in [5.74, 6) is 0. The number of urea groups is 1. The highest BCUT2D eigenvalue weighted by atomic mass is 16.2. The lowest BCUT2D eigenvalue weighted by Crippen LogP contribution is -2.30. The van der Waals surface area contributed by atoms with Gasteiger partial charge in [-0.25, -0.2) is 9.79 Å². The molecule has 4 heteroatoms. The van der Waals surface area contributed by atoms with Crippen LogP contribution >= 0.6 is 0 Å². The first-order valence-electron chi connectivity index (χ1n) is 12.8. The predicted octanol–water partition coefficient (Wildman–Crippen LogP) is 8.79. The van der Waals surface area contributed by atoms with Crippen molar-refractivity contribution in [3.8, 4) is 0 Å². The zero-order valence-corrected chi connectivity index (χ0v) is 21.3. The number of nitrogens with zero attached hydrogens (tertiary/aromatic N) is 2. The Bertz CT molecular complexity index is 1440. The van der Waals surface area contributed by atoms with Crippen LogP contribution in [0.5, 0.6) is 0 Å². The first kappa shape index (κ1) is 24.7. The number of aliphatic imine (C=N–C) groups is 1. The van der Waals surface area contributed by atoms with Gasteiger partial charge >= 0.3 is 6.03 Å². The summed E-state index contributed by atoms with van der Waals surface area (Å²) in [5.41, 5.74) is 6.89. The molecule has 0 saturated heterocycles. The third-order valence-corrected chi connectivity index (χ3v) is 6.27. The van der Waals surface area contributed by atoms with Gasteiger partial charge in [-0.2, -0.15) is 0 Å². The number of hydrogen-bond acceptors (Lipinski definition) is 2. The first-order chi connectivity index (χ1) is 18.7. The number of amides is 2. The summed E-state index contributed by atoms with van der Waals surface area (Å²) in [6.45, 7) is 2.10. The van der Waals surface area contributed by atoms with Crippen molar-refractivity contribution in [2.75, 3.05) is 10.2 Å². The normalized spacial score (nSPS) is 10.4. The molecule has 0 bridgehead atoms. The number of benzene rings is 5. The van der Waals surface area contributed by atoms with Gasteiger partial charge in [0.15, 0.2) is 0 Å². The van der Waals surface area contributed by atoms with Crippen molar-refractivity contribution in [2.24, 2.45) is 4.99 Å². The van der Waals surface area contributed by atoms with Gasteiger partial charge in [0.1, 0.15) is 0 Å². The van der Waals surface area contributed by atoms with E-state index in [1.165, 1.54) is 0 Å². The van der Waals surface area contributed by atoms with Gasteiger partial charge in [0.2, 0.25) is 0 Å². The molecule has 0 aliphatic rings. The molecule has 5 rings (SSSR count). The van der Waals surface area contributed by atoms with Crippen LogP contribution in [0.15, 0.2) is 145 Å². The van der Waals surface area contributed by atoms with E-state index in [2.05, 4.69) is 42.6 Å². The SMILES string of the molecule is CCc1ccc(N=C(c2ccccc2)c2ccccc2)c(NC(=O)N(c2ccccc2)c2ccccc2)c1. The molecular weight excluding hydrogens is 466 g/mol. The monoisotopic (exact) mass is 495 g/mol. The van der Waals surface area contributed by atoms with Gasteiger partial charge in [-0.15, -0.1) is 0 Å². The highest BCUT2D eigenvalue weighted by Gasteiger charge is 2.20. The number of carbonyl (C=O) groups excluding carboxylic acids is 1. The van der Waals surface area contributed by atoms with Crippen LogP contribution in [-0.4, -0.2) is 11.7 Å². The Morgan fingerprint density at radius 3 is 1.61 bits per heavy atom. The lowest BCUT2D eigenvalue weighted by molar-refractivity contribution is 0.259. The number of aryl methyl sites for hydroxylation is 1. The Balaban J connectivity index is 1.59. The highest BCUT2D eigenvalue weighted by Crippen LogP contribution is 2.31. The molecule has 0 unspecified atom stereocenters. The van der Waals surface area contributed by atoms with Crippen molar-refractivity contribution < 1.29 is 4.79 Å². The predicted molar refractivity (Wildman–Crippen MR) is 158 cm³/mol. The summed E-state index contributed by atoms with van der Waals surface area (Å²) in [5, 5.41) is 3.17. The molecule has 0 radical (unpaired) electrons. The van der Waals surface area contributed by atoms with E-state index < -0.39 is 0 Å². The van der Waals surface area contributed by atoms with E-state index in [1.807, 2.05) is 109 Å². The molecule has 5 aromatic carbocycles. The first-order valence-corrected chi connectivity index (χ1v) is 12.8. The third kappa shape index (κ3) is 5.71. The van der Waals surface area contributed by atoms with Crippen molar-refractivity contribution in [2.45, 2.75) is 13.3 Å². The van der Waals surface area contributed by atoms with E-state index >= 15 is 0 Å². The Morgan fingerprint density at radius 1 is 0.658 bits per heavy atom. The molecule has 1 N–H and O–H groups in total. The molecule has 0 fully saturated rings. The number of rotatable bonds is 7. The summed E-state index contributed by atoms with van der Waals surface area (Å²) in [7, 11) is 0. The summed E-state index contributed by atoms with van der Waals surface area (Å²) in [4.78, 5) is 20.7. The maximum Gasteiger partial charge on any atom is 0.331 e. The quantitative estimate of drug-likeness (QED) is 0.225. The van der Waals surface area contributed by atoms with Crippen LogP contribution in [0, 0.1) is 0 Å². The summed E-state index contributed by atoms with van der Waals surface area (Å²) < 4.78 is 0. The maximum absolute atomic E-state index is 13.9. The minimum Gasteiger partial charge on any atom is -0.305 e. The van der Waals surface area contributed by atoms with E-state index in [0.717, 1.165) is 40.2 Å². The Morgan fingerprint density at radius 2 is 1.13 bits per heavy atom. The smallest absolute Gasteiger partial charge is 0.305 e. The summed E-state index contributed by atoms with van der Waals surface area (Å²) in [6.07, 6.45) is 0.845. The molecule has 38 heavy (non-hydrogen) atoms. The number of para-hydroxylation sites is 2. The van der Waals surface area contributed by atoms with Crippen LogP contribution in [0.1, 0.15) is 23.6 Å². The Kier molecular flexibility index (Phi) is 7.71. The molecular formula is C34H29N3O. The van der Waals surface area contributed by atoms with E-state index in [4.69, 9.17) is 4.99 Å². The second kappa shape index (κ2) is 11.8. The average molecular weight is 496 g/mol. The molecule has 4 nitrogen and oxygen atoms in total.